The molecule has 1 aliphatic rings. The number of aryl methyl sites for hydroxylation is 1. The average molecular weight is 285 g/mol. The molecule has 6 nitrogen and oxygen atoms in total. The summed E-state index contributed by atoms with van der Waals surface area (Å²) < 4.78 is 1.91. The minimum atomic E-state index is -0.850. The number of thiazole rings is 1. The summed E-state index contributed by atoms with van der Waals surface area (Å²) in [5, 5.41) is 18.4. The van der Waals surface area contributed by atoms with Crippen LogP contribution in [0, 0.1) is 0 Å². The highest BCUT2D eigenvalue weighted by molar-refractivity contribution is 7.09. The zero-order chi connectivity index (χ0) is 14.0. The molecule has 1 unspecified atom stereocenters. The van der Waals surface area contributed by atoms with Crippen LogP contribution in [0.4, 0.5) is 4.79 Å². The Morgan fingerprint density at radius 1 is 1.53 bits per heavy atom. The number of likely N-dealkylation sites (tertiary alicyclic amines) is 1. The summed E-state index contributed by atoms with van der Waals surface area (Å²) in [6.07, 6.45) is 2.08. The third kappa shape index (κ3) is 3.36. The second-order valence-corrected chi connectivity index (χ2v) is 5.87. The molecule has 2 rings (SSSR count). The van der Waals surface area contributed by atoms with Crippen LogP contribution < -0.4 is 4.80 Å². The van der Waals surface area contributed by atoms with Gasteiger partial charge in [0.05, 0.1) is 17.0 Å². The molecule has 7 heteroatoms. The van der Waals surface area contributed by atoms with Crippen molar-refractivity contribution in [2.24, 2.45) is 12.0 Å². The lowest BCUT2D eigenvalue weighted by Gasteiger charge is -2.27. The monoisotopic (exact) mass is 285 g/mol. The Morgan fingerprint density at radius 2 is 2.16 bits per heavy atom. The molecule has 2 N–H and O–H groups in total. The van der Waals surface area contributed by atoms with Gasteiger partial charge in [0.1, 0.15) is 0 Å². The van der Waals surface area contributed by atoms with Gasteiger partial charge in [0.15, 0.2) is 4.80 Å². The minimum absolute atomic E-state index is 0.169. The van der Waals surface area contributed by atoms with Gasteiger partial charge in [0.2, 0.25) is 0 Å². The number of aliphatic hydroxyl groups is 1. The summed E-state index contributed by atoms with van der Waals surface area (Å²) in [6, 6.07) is 0.169. The Hall–Kier alpha value is -1.34. The predicted octanol–water partition coefficient (Wildman–Crippen LogP) is 1.18. The van der Waals surface area contributed by atoms with Crippen LogP contribution in [-0.4, -0.2) is 44.9 Å². The summed E-state index contributed by atoms with van der Waals surface area (Å²) >= 11 is 1.48. The van der Waals surface area contributed by atoms with Crippen molar-refractivity contribution in [1.82, 2.24) is 9.47 Å². The first-order valence-corrected chi connectivity index (χ1v) is 7.15. The maximum absolute atomic E-state index is 10.8. The van der Waals surface area contributed by atoms with Gasteiger partial charge < -0.3 is 19.7 Å². The Bertz CT molecular complexity index is 513. The van der Waals surface area contributed by atoms with Crippen LogP contribution >= 0.6 is 11.3 Å². The number of aromatic nitrogens is 1. The van der Waals surface area contributed by atoms with Crippen LogP contribution in [-0.2, 0) is 7.05 Å². The summed E-state index contributed by atoms with van der Waals surface area (Å²) in [4.78, 5) is 18.7. The van der Waals surface area contributed by atoms with Gasteiger partial charge in [-0.3, -0.25) is 4.99 Å². The summed E-state index contributed by atoms with van der Waals surface area (Å²) in [5.41, 5.74) is 0. The largest absolute Gasteiger partial charge is 0.465 e. The molecule has 1 atom stereocenters. The molecule has 0 aliphatic carbocycles. The molecule has 1 fully saturated rings. The molecule has 2 heterocycles. The molecule has 1 amide bonds. The summed E-state index contributed by atoms with van der Waals surface area (Å²) in [7, 11) is 1.91. The Kier molecular flexibility index (Phi) is 4.26. The molecule has 0 aromatic carbocycles. The number of hydrogen-bond acceptors (Lipinski definition) is 4. The molecule has 0 saturated carbocycles. The highest BCUT2D eigenvalue weighted by Crippen LogP contribution is 2.16. The number of rotatable bonds is 2. The van der Waals surface area contributed by atoms with E-state index in [1.807, 2.05) is 17.8 Å². The van der Waals surface area contributed by atoms with Gasteiger partial charge in [0, 0.05) is 26.3 Å². The first kappa shape index (κ1) is 14.1. The molecule has 1 aliphatic heterocycles. The van der Waals surface area contributed by atoms with Gasteiger partial charge in [-0.15, -0.1) is 0 Å². The van der Waals surface area contributed by atoms with E-state index < -0.39 is 12.2 Å². The standard InChI is InChI=1S/C12H19N3O3S/c1-8(16)10-7-14(2)11(19-10)13-9-3-5-15(6-4-9)12(17)18/h7-9,16H,3-6H2,1-2H3,(H,17,18). The van der Waals surface area contributed by atoms with E-state index in [4.69, 9.17) is 5.11 Å². The van der Waals surface area contributed by atoms with Crippen molar-refractivity contribution in [2.75, 3.05) is 13.1 Å². The van der Waals surface area contributed by atoms with Crippen molar-refractivity contribution in [1.29, 1.82) is 0 Å². The molecular formula is C12H19N3O3S. The van der Waals surface area contributed by atoms with Gasteiger partial charge in [-0.2, -0.15) is 0 Å². The fourth-order valence-electron chi connectivity index (χ4n) is 2.10. The van der Waals surface area contributed by atoms with Crippen LogP contribution in [0.3, 0.4) is 0 Å². The topological polar surface area (TPSA) is 78.1 Å². The third-order valence-corrected chi connectivity index (χ3v) is 4.53. The molecular weight excluding hydrogens is 266 g/mol. The molecule has 0 spiro atoms. The molecule has 0 radical (unpaired) electrons. The zero-order valence-corrected chi connectivity index (χ0v) is 11.9. The Labute approximate surface area is 115 Å². The van der Waals surface area contributed by atoms with E-state index in [0.29, 0.717) is 13.1 Å². The molecule has 1 aromatic heterocycles. The van der Waals surface area contributed by atoms with Crippen LogP contribution in [0.5, 0.6) is 0 Å². The van der Waals surface area contributed by atoms with E-state index in [1.165, 1.54) is 16.2 Å². The van der Waals surface area contributed by atoms with Crippen LogP contribution in [0.15, 0.2) is 11.2 Å². The lowest BCUT2D eigenvalue weighted by molar-refractivity contribution is 0.132. The van der Waals surface area contributed by atoms with Crippen molar-refractivity contribution in [2.45, 2.75) is 31.9 Å². The number of nitrogens with zero attached hydrogens (tertiary/aromatic N) is 3. The highest BCUT2D eigenvalue weighted by Gasteiger charge is 2.21. The van der Waals surface area contributed by atoms with Crippen molar-refractivity contribution in [3.63, 3.8) is 0 Å². The number of carbonyl (C=O) groups is 1. The average Bonchev–Trinajstić information content (AvgIpc) is 2.72. The van der Waals surface area contributed by atoms with Crippen molar-refractivity contribution < 1.29 is 15.0 Å². The molecule has 1 saturated heterocycles. The SMILES string of the molecule is CC(O)c1cn(C)c(=NC2CCN(C(=O)O)CC2)s1. The lowest BCUT2D eigenvalue weighted by Crippen LogP contribution is -2.39. The first-order valence-electron chi connectivity index (χ1n) is 6.33. The smallest absolute Gasteiger partial charge is 0.407 e. The van der Waals surface area contributed by atoms with Gasteiger partial charge in [-0.1, -0.05) is 11.3 Å². The Morgan fingerprint density at radius 3 is 2.63 bits per heavy atom. The quantitative estimate of drug-likeness (QED) is 0.856. The zero-order valence-electron chi connectivity index (χ0n) is 11.1. The molecule has 19 heavy (non-hydrogen) atoms. The van der Waals surface area contributed by atoms with E-state index in [0.717, 1.165) is 22.5 Å². The first-order chi connectivity index (χ1) is 8.97. The van der Waals surface area contributed by atoms with E-state index in [1.54, 1.807) is 6.92 Å². The fourth-order valence-corrected chi connectivity index (χ4v) is 3.09. The van der Waals surface area contributed by atoms with E-state index in [-0.39, 0.29) is 6.04 Å². The normalized spacial score (nSPS) is 19.7. The maximum Gasteiger partial charge on any atom is 0.407 e. The number of hydrogen-bond donors (Lipinski definition) is 2. The van der Waals surface area contributed by atoms with E-state index >= 15 is 0 Å². The summed E-state index contributed by atoms with van der Waals surface area (Å²) in [6.45, 7) is 2.82. The number of carboxylic acid groups (broad SMARTS) is 1. The second kappa shape index (κ2) is 5.75. The number of aliphatic hydroxyl groups excluding tert-OH is 1. The van der Waals surface area contributed by atoms with Gasteiger partial charge in [-0.25, -0.2) is 4.79 Å². The minimum Gasteiger partial charge on any atom is -0.465 e. The number of amides is 1. The fraction of sp³-hybridized carbons (Fsp3) is 0.667. The Balaban J connectivity index is 2.08. The van der Waals surface area contributed by atoms with E-state index in [2.05, 4.69) is 4.99 Å². The highest BCUT2D eigenvalue weighted by atomic mass is 32.1. The second-order valence-electron chi connectivity index (χ2n) is 4.83. The van der Waals surface area contributed by atoms with Crippen molar-refractivity contribution in [3.8, 4) is 0 Å². The predicted molar refractivity (Wildman–Crippen MR) is 72.1 cm³/mol. The molecule has 0 bridgehead atoms. The van der Waals surface area contributed by atoms with Crippen LogP contribution in [0.2, 0.25) is 0 Å². The van der Waals surface area contributed by atoms with Gasteiger partial charge in [-0.05, 0) is 19.8 Å². The van der Waals surface area contributed by atoms with Crippen LogP contribution in [0.25, 0.3) is 0 Å². The lowest BCUT2D eigenvalue weighted by atomic mass is 10.1. The van der Waals surface area contributed by atoms with Gasteiger partial charge >= 0.3 is 6.09 Å². The summed E-state index contributed by atoms with van der Waals surface area (Å²) in [5.74, 6) is 0. The van der Waals surface area contributed by atoms with E-state index in [9.17, 15) is 9.90 Å². The van der Waals surface area contributed by atoms with Crippen molar-refractivity contribution >= 4 is 17.4 Å². The van der Waals surface area contributed by atoms with Crippen molar-refractivity contribution in [3.05, 3.63) is 15.9 Å². The maximum atomic E-state index is 10.8. The molecule has 1 aromatic rings. The number of piperidine rings is 1. The van der Waals surface area contributed by atoms with Gasteiger partial charge in [0.25, 0.3) is 0 Å². The van der Waals surface area contributed by atoms with Crippen LogP contribution in [0.1, 0.15) is 30.7 Å². The molecule has 106 valence electrons. The third-order valence-electron chi connectivity index (χ3n) is 3.27.